The fourth-order valence-electron chi connectivity index (χ4n) is 7.78. The maximum Gasteiger partial charge on any atom is 1.00 e. The topological polar surface area (TPSA) is 465 Å². The molecule has 560 valence electrons. The third-order valence-electron chi connectivity index (χ3n) is 12.4. The SMILES string of the molecule is CC(C)(C)OC(=O)NC(Cc1ccccc1)C(O)C#N.CC(C)(C)OC(=O)OC(=O)OC(C)(C)C.COC(=O)C(O)C(Cc1ccccc1)N[B]C=O.COC(=O)C(O)C(N)Cc1ccccc1.Cl.NC(Cc1ccccc1)C(O)C(=O)[O-].O=C[B]NC(Cc1ccccc1)C(O)C(=O)O.[2H]CF.[Na+]. The third kappa shape index (κ3) is 50.8. The Bertz CT molecular complexity index is 3200. The van der Waals surface area contributed by atoms with Crippen LogP contribution in [0.4, 0.5) is 18.8 Å². The molecule has 5 rings (SSSR count). The first-order valence-corrected chi connectivity index (χ1v) is 31.0. The molecule has 0 heterocycles. The summed E-state index contributed by atoms with van der Waals surface area (Å²) < 4.78 is 43.3. The van der Waals surface area contributed by atoms with Gasteiger partial charge in [0, 0.05) is 24.2 Å². The van der Waals surface area contributed by atoms with E-state index >= 15 is 0 Å². The molecule has 13 N–H and O–H groups in total. The Kier molecular flexibility index (Phi) is 54.1. The number of benzene rings is 5. The van der Waals surface area contributed by atoms with Crippen LogP contribution in [0.2, 0.25) is 0 Å². The number of rotatable bonds is 26. The zero-order valence-corrected chi connectivity index (χ0v) is 62.7. The van der Waals surface area contributed by atoms with E-state index in [1.807, 2.05) is 152 Å². The Morgan fingerprint density at radius 2 is 0.816 bits per heavy atom. The van der Waals surface area contributed by atoms with Gasteiger partial charge in [-0.1, -0.05) is 152 Å². The molecule has 28 nitrogen and oxygen atoms in total. The van der Waals surface area contributed by atoms with Crippen LogP contribution in [0.15, 0.2) is 152 Å². The van der Waals surface area contributed by atoms with Gasteiger partial charge in [-0.05, 0) is 122 Å². The Labute approximate surface area is 632 Å². The van der Waals surface area contributed by atoms with Crippen LogP contribution in [-0.2, 0) is 89.3 Å². The monoisotopic (exact) mass is 1470 g/mol. The molecular weight excluding hydrogens is 1380 g/mol. The van der Waals surface area contributed by atoms with E-state index in [9.17, 15) is 73.1 Å². The van der Waals surface area contributed by atoms with Gasteiger partial charge in [0.2, 0.25) is 0 Å². The number of nitriles is 1. The van der Waals surface area contributed by atoms with Crippen molar-refractivity contribution in [2.24, 2.45) is 11.5 Å². The first-order valence-electron chi connectivity index (χ1n) is 31.7. The molecule has 5 aromatic rings. The van der Waals surface area contributed by atoms with Crippen molar-refractivity contribution in [2.45, 2.75) is 172 Å². The molecule has 0 fully saturated rings. The Balaban J connectivity index is -0.000000572. The molecule has 0 aliphatic rings. The molecule has 0 aromatic heterocycles. The molecule has 10 unspecified atom stereocenters. The zero-order valence-electron chi connectivity index (χ0n) is 60.9. The van der Waals surface area contributed by atoms with Crippen LogP contribution in [0.3, 0.4) is 0 Å². The van der Waals surface area contributed by atoms with Crippen molar-refractivity contribution >= 4 is 81.9 Å². The minimum atomic E-state index is -1.62. The Hall–Kier alpha value is -8.19. The van der Waals surface area contributed by atoms with Crippen molar-refractivity contribution in [1.82, 2.24) is 15.8 Å². The van der Waals surface area contributed by atoms with E-state index in [2.05, 4.69) is 30.0 Å². The number of esters is 2. The minimum Gasteiger partial charge on any atom is -0.547 e. The van der Waals surface area contributed by atoms with Crippen molar-refractivity contribution in [1.29, 1.82) is 5.26 Å². The number of amides is 1. The third-order valence-corrected chi connectivity index (χ3v) is 12.4. The smallest absolute Gasteiger partial charge is 0.547 e. The van der Waals surface area contributed by atoms with Crippen molar-refractivity contribution in [3.05, 3.63) is 179 Å². The van der Waals surface area contributed by atoms with Crippen LogP contribution < -0.4 is 61.9 Å². The second-order valence-electron chi connectivity index (χ2n) is 24.3. The number of carboxylic acid groups (broad SMARTS) is 2. The number of alkyl carbamates (subject to hydrolysis) is 1. The van der Waals surface area contributed by atoms with Gasteiger partial charge in [-0.25, -0.2) is 28.8 Å². The standard InChI is InChI=1S/C15H20N2O3.C12H15BNO4.C11H13BNO4.C11H15NO3.C10H13NO3.C10H18O5.CH3F.ClH.Na/c1-15(2,3)20-14(19)17-12(13(18)10-16)9-11-7-5-4-6-8-11;1-18-12(17)11(16)10(14-13-8-15)7-9-5-3-2-4-6-9;14-7-12-13-9(10(15)11(16)17)6-8-4-2-1-3-5-8;1-15-11(14)10(13)9(12)7-8-5-3-2-4-6-8;11-8(9(12)10(13)14)6-7-4-2-1-3-5-7;1-9(2,3)14-7(11)13-8(12)15-10(4,5)6;1-2;;/h4-8,12-13,18H,9H2,1-3H3,(H,17,19);2-6,8,10-11,14,16H,7H2,1H3;1-5,7,9-10,13,15H,6H2,(H,16,17);2-6,9-10,13H,7,12H2,1H3;1-5,8-9,12H,6,11H2,(H,13,14);1-6H3;1H3;1H;/q;;;;;;;;+1/p-1/i;;;;;;1D;;. The number of halogens is 2. The number of aliphatic carboxylic acids is 2. The van der Waals surface area contributed by atoms with Crippen LogP contribution in [0.1, 0.15) is 91.5 Å². The maximum absolute atomic E-state index is 11.7. The summed E-state index contributed by atoms with van der Waals surface area (Å²) in [5.41, 5.74) is 13.7. The van der Waals surface area contributed by atoms with E-state index in [1.165, 1.54) is 14.2 Å². The largest absolute Gasteiger partial charge is 1.00 e. The van der Waals surface area contributed by atoms with E-state index in [0.717, 1.165) is 42.6 Å². The van der Waals surface area contributed by atoms with E-state index in [0.29, 0.717) is 44.5 Å². The van der Waals surface area contributed by atoms with Gasteiger partial charge in [0.05, 0.1) is 53.2 Å². The number of hydrogen-bond acceptors (Lipinski definition) is 26. The predicted octanol–water partition coefficient (Wildman–Crippen LogP) is 0.622. The number of aliphatic hydroxyl groups is 5. The van der Waals surface area contributed by atoms with Gasteiger partial charge in [0.25, 0.3) is 14.8 Å². The first kappa shape index (κ1) is 99.0. The van der Waals surface area contributed by atoms with E-state index < -0.39 is 127 Å². The number of ether oxygens (including phenoxy) is 6. The molecule has 0 aliphatic heterocycles. The van der Waals surface area contributed by atoms with Gasteiger partial charge in [0.15, 0.2) is 24.4 Å². The number of nitrogens with one attached hydrogen (secondary N) is 3. The van der Waals surface area contributed by atoms with Crippen LogP contribution in [-0.4, -0.2) is 199 Å². The van der Waals surface area contributed by atoms with Gasteiger partial charge in [-0.2, -0.15) is 5.26 Å². The molecule has 10 atom stereocenters. The fraction of sp³-hybridized carbons (Fsp3) is 0.429. The number of nitrogens with zero attached hydrogens (tertiary/aromatic N) is 1. The van der Waals surface area contributed by atoms with Gasteiger partial charge in [0.1, 0.15) is 22.9 Å². The van der Waals surface area contributed by atoms with Crippen molar-refractivity contribution in [3.63, 3.8) is 0 Å². The predicted molar refractivity (Wildman–Crippen MR) is 379 cm³/mol. The summed E-state index contributed by atoms with van der Waals surface area (Å²) in [6.07, 6.45) is -6.93. The summed E-state index contributed by atoms with van der Waals surface area (Å²) in [5, 5.41) is 83.1. The van der Waals surface area contributed by atoms with Gasteiger partial charge in [-0.15, -0.1) is 12.4 Å². The van der Waals surface area contributed by atoms with Crippen molar-refractivity contribution in [2.75, 3.05) is 21.4 Å². The number of carbonyl (C=O) groups excluding carboxylic acids is 8. The maximum atomic E-state index is 11.7. The van der Waals surface area contributed by atoms with E-state index in [4.69, 9.17) is 42.5 Å². The molecule has 0 bridgehead atoms. The van der Waals surface area contributed by atoms with Gasteiger partial charge < -0.3 is 106 Å². The number of carboxylic acids is 2. The number of nitrogens with two attached hydrogens (primary N) is 2. The van der Waals surface area contributed by atoms with Crippen LogP contribution in [0, 0.1) is 11.3 Å². The Morgan fingerprint density at radius 1 is 0.534 bits per heavy atom. The first-order chi connectivity index (χ1) is 47.8. The molecule has 0 spiro atoms. The summed E-state index contributed by atoms with van der Waals surface area (Å²) >= 11 is 0. The molecule has 103 heavy (non-hydrogen) atoms. The molecule has 33 heteroatoms. The summed E-state index contributed by atoms with van der Waals surface area (Å²) in [6.45, 7) is 15.3. The van der Waals surface area contributed by atoms with Gasteiger partial charge >= 0.3 is 65.9 Å². The summed E-state index contributed by atoms with van der Waals surface area (Å²) in [6, 6.07) is 44.6. The van der Waals surface area contributed by atoms with E-state index in [1.54, 1.807) is 68.4 Å². The van der Waals surface area contributed by atoms with Crippen LogP contribution in [0.25, 0.3) is 0 Å². The molecule has 2 radical (unpaired) electrons. The zero-order chi connectivity index (χ0) is 78.0. The molecular formula is C70H97B2ClFN6NaO22. The minimum absolute atomic E-state index is 0. The average Bonchev–Trinajstić information content (AvgIpc) is 0.892. The normalized spacial score (nSPS) is 13.3. The summed E-state index contributed by atoms with van der Waals surface area (Å²) in [7, 11) is 3.66. The summed E-state index contributed by atoms with van der Waals surface area (Å²) in [5.74, 6) is -4.28. The summed E-state index contributed by atoms with van der Waals surface area (Å²) in [4.78, 5) is 97.5. The molecule has 0 saturated heterocycles. The second-order valence-corrected chi connectivity index (χ2v) is 24.3. The Morgan fingerprint density at radius 3 is 1.09 bits per heavy atom. The second kappa shape index (κ2) is 56.3. The number of methoxy groups -OCH3 is 2. The quantitative estimate of drug-likeness (QED) is 0.00903. The fourth-order valence-corrected chi connectivity index (χ4v) is 7.78. The number of aliphatic hydroxyl groups excluding tert-OH is 5. The van der Waals surface area contributed by atoms with E-state index in [-0.39, 0.29) is 42.0 Å². The number of carbonyl (C=O) groups is 9. The number of hydrogen-bond donors (Lipinski definition) is 11. The molecule has 5 aromatic carbocycles. The van der Waals surface area contributed by atoms with Crippen molar-refractivity contribution < 1.29 is 143 Å². The molecule has 1 amide bonds. The van der Waals surface area contributed by atoms with Crippen LogP contribution in [0.5, 0.6) is 0 Å². The molecule has 0 aliphatic carbocycles. The molecule has 0 saturated carbocycles. The van der Waals surface area contributed by atoms with Gasteiger partial charge in [-0.3, -0.25) is 4.39 Å². The van der Waals surface area contributed by atoms with Crippen LogP contribution >= 0.6 is 12.4 Å². The average molecular weight is 1470 g/mol. The van der Waals surface area contributed by atoms with Crippen molar-refractivity contribution in [3.8, 4) is 6.07 Å². The number of alkyl halides is 1.